The highest BCUT2D eigenvalue weighted by Crippen LogP contribution is 2.17. The van der Waals surface area contributed by atoms with Gasteiger partial charge in [-0.15, -0.1) is 0 Å². The summed E-state index contributed by atoms with van der Waals surface area (Å²) in [4.78, 5) is 33.9. The van der Waals surface area contributed by atoms with Gasteiger partial charge >= 0.3 is 6.09 Å². The fourth-order valence-corrected chi connectivity index (χ4v) is 1.64. The summed E-state index contributed by atoms with van der Waals surface area (Å²) in [5.74, 6) is -0.213. The number of carbonyl (C=O) groups is 3. The van der Waals surface area contributed by atoms with Gasteiger partial charge in [-0.2, -0.15) is 0 Å². The molecule has 0 radical (unpaired) electrons. The number of amides is 2. The quantitative estimate of drug-likeness (QED) is 0.835. The van der Waals surface area contributed by atoms with Crippen LogP contribution < -0.4 is 10.6 Å². The monoisotopic (exact) mass is 292 g/mol. The van der Waals surface area contributed by atoms with Gasteiger partial charge in [0.05, 0.1) is 0 Å². The summed E-state index contributed by atoms with van der Waals surface area (Å²) in [6.07, 6.45) is -0.0684. The first-order valence-corrected chi connectivity index (χ1v) is 6.53. The Morgan fingerprint density at radius 3 is 2.48 bits per heavy atom. The predicted molar refractivity (Wildman–Crippen MR) is 78.9 cm³/mol. The molecule has 1 unspecified atom stereocenters. The van der Waals surface area contributed by atoms with Crippen molar-refractivity contribution in [3.8, 4) is 0 Å². The second-order valence-corrected chi connectivity index (χ2v) is 5.57. The fourth-order valence-electron chi connectivity index (χ4n) is 1.64. The van der Waals surface area contributed by atoms with E-state index in [2.05, 4.69) is 10.6 Å². The van der Waals surface area contributed by atoms with Gasteiger partial charge in [-0.1, -0.05) is 12.1 Å². The maximum absolute atomic E-state index is 11.7. The van der Waals surface area contributed by atoms with Gasteiger partial charge in [0, 0.05) is 12.6 Å². The molecule has 6 heteroatoms. The van der Waals surface area contributed by atoms with Crippen molar-refractivity contribution in [1.29, 1.82) is 0 Å². The third-order valence-corrected chi connectivity index (χ3v) is 2.37. The first kappa shape index (κ1) is 16.7. The lowest BCUT2D eigenvalue weighted by molar-refractivity contribution is -0.114. The van der Waals surface area contributed by atoms with Gasteiger partial charge in [0.25, 0.3) is 0 Å². The lowest BCUT2D eigenvalue weighted by Gasteiger charge is -2.21. The molecule has 1 aromatic carbocycles. The Balaban J connectivity index is 2.83. The molecule has 0 bridgehead atoms. The Morgan fingerprint density at radius 1 is 1.29 bits per heavy atom. The number of hydrogen-bond donors (Lipinski definition) is 2. The van der Waals surface area contributed by atoms with Gasteiger partial charge < -0.3 is 20.2 Å². The molecule has 0 aliphatic carbocycles. The smallest absolute Gasteiger partial charge is 0.408 e. The second-order valence-electron chi connectivity index (χ2n) is 5.57. The fraction of sp³-hybridized carbons (Fsp3) is 0.400. The van der Waals surface area contributed by atoms with Crippen molar-refractivity contribution < 1.29 is 19.1 Å². The molecule has 1 atom stereocenters. The number of benzene rings is 1. The van der Waals surface area contributed by atoms with Crippen LogP contribution in [0.15, 0.2) is 24.3 Å². The van der Waals surface area contributed by atoms with Crippen LogP contribution in [0.4, 0.5) is 10.5 Å². The number of carbonyl (C=O) groups excluding carboxylic acids is 3. The zero-order valence-corrected chi connectivity index (χ0v) is 12.6. The summed E-state index contributed by atoms with van der Waals surface area (Å²) in [5, 5.41) is 5.10. The number of hydrogen-bond acceptors (Lipinski definition) is 4. The van der Waals surface area contributed by atoms with Crippen LogP contribution in [0.3, 0.4) is 0 Å². The lowest BCUT2D eigenvalue weighted by Crippen LogP contribution is -2.35. The van der Waals surface area contributed by atoms with E-state index in [0.717, 1.165) is 0 Å². The van der Waals surface area contributed by atoms with E-state index < -0.39 is 17.7 Å². The maximum atomic E-state index is 11.7. The summed E-state index contributed by atoms with van der Waals surface area (Å²) in [6.45, 7) is 6.60. The Morgan fingerprint density at radius 2 is 1.95 bits per heavy atom. The maximum Gasteiger partial charge on any atom is 0.408 e. The lowest BCUT2D eigenvalue weighted by atomic mass is 10.1. The van der Waals surface area contributed by atoms with Crippen molar-refractivity contribution in [3.63, 3.8) is 0 Å². The molecule has 21 heavy (non-hydrogen) atoms. The number of alkyl carbamates (subject to hydrolysis) is 1. The Labute approximate surface area is 123 Å². The van der Waals surface area contributed by atoms with E-state index in [4.69, 9.17) is 4.74 Å². The number of rotatable bonds is 4. The molecule has 0 saturated carbocycles. The minimum Gasteiger partial charge on any atom is -0.444 e. The highest BCUT2D eigenvalue weighted by atomic mass is 16.6. The van der Waals surface area contributed by atoms with Crippen LogP contribution in [0, 0.1) is 0 Å². The van der Waals surface area contributed by atoms with Crippen molar-refractivity contribution in [1.82, 2.24) is 5.32 Å². The van der Waals surface area contributed by atoms with Gasteiger partial charge in [0.2, 0.25) is 5.91 Å². The molecule has 6 nitrogen and oxygen atoms in total. The van der Waals surface area contributed by atoms with E-state index in [9.17, 15) is 14.4 Å². The normalized spacial score (nSPS) is 12.2. The van der Waals surface area contributed by atoms with Crippen molar-refractivity contribution in [3.05, 3.63) is 29.8 Å². The molecule has 0 aliphatic rings. The topological polar surface area (TPSA) is 84.5 Å². The zero-order chi connectivity index (χ0) is 16.0. The number of anilines is 1. The molecule has 1 aromatic rings. The molecule has 114 valence electrons. The Hall–Kier alpha value is -2.37. The van der Waals surface area contributed by atoms with Gasteiger partial charge in [-0.05, 0) is 38.5 Å². The number of aldehydes is 1. The highest BCUT2D eigenvalue weighted by Gasteiger charge is 2.20. The van der Waals surface area contributed by atoms with Gasteiger partial charge in [0.1, 0.15) is 17.9 Å². The van der Waals surface area contributed by atoms with Crippen LogP contribution in [0.2, 0.25) is 0 Å². The minimum atomic E-state index is -0.839. The summed E-state index contributed by atoms with van der Waals surface area (Å²) in [7, 11) is 0. The van der Waals surface area contributed by atoms with Gasteiger partial charge in [-0.3, -0.25) is 4.79 Å². The van der Waals surface area contributed by atoms with Crippen molar-refractivity contribution in [2.75, 3.05) is 5.32 Å². The molecule has 0 aromatic heterocycles. The second kappa shape index (κ2) is 6.88. The van der Waals surface area contributed by atoms with Crippen LogP contribution >= 0.6 is 0 Å². The van der Waals surface area contributed by atoms with Gasteiger partial charge in [-0.25, -0.2) is 4.79 Å². The molecule has 0 spiro atoms. The first-order valence-electron chi connectivity index (χ1n) is 6.53. The Kier molecular flexibility index (Phi) is 5.46. The molecule has 0 heterocycles. The van der Waals surface area contributed by atoms with E-state index in [1.165, 1.54) is 6.92 Å². The summed E-state index contributed by atoms with van der Waals surface area (Å²) in [6, 6.07) is 5.85. The van der Waals surface area contributed by atoms with Crippen molar-refractivity contribution in [2.24, 2.45) is 0 Å². The average Bonchev–Trinajstić information content (AvgIpc) is 2.33. The SMILES string of the molecule is CC(=O)Nc1cccc(C(C=O)NC(=O)OC(C)(C)C)c1. The van der Waals surface area contributed by atoms with E-state index in [0.29, 0.717) is 17.5 Å². The Bertz CT molecular complexity index is 535. The molecule has 1 rings (SSSR count). The predicted octanol–water partition coefficient (Wildman–Crippen LogP) is 2.41. The van der Waals surface area contributed by atoms with Gasteiger partial charge in [0.15, 0.2) is 0 Å². The molecular weight excluding hydrogens is 272 g/mol. The molecule has 0 saturated heterocycles. The van der Waals surface area contributed by atoms with Crippen LogP contribution in [0.1, 0.15) is 39.3 Å². The third kappa shape index (κ3) is 6.07. The first-order chi connectivity index (χ1) is 9.71. The number of nitrogens with one attached hydrogen (secondary N) is 2. The van der Waals surface area contributed by atoms with Crippen LogP contribution in [0.5, 0.6) is 0 Å². The minimum absolute atomic E-state index is 0.213. The molecule has 0 fully saturated rings. The van der Waals surface area contributed by atoms with E-state index in [1.54, 1.807) is 45.0 Å². The standard InChI is InChI=1S/C15H20N2O4/c1-10(19)16-12-7-5-6-11(8-12)13(9-18)17-14(20)21-15(2,3)4/h5-9,13H,1-4H3,(H,16,19)(H,17,20). The van der Waals surface area contributed by atoms with Crippen molar-refractivity contribution in [2.45, 2.75) is 39.3 Å². The van der Waals surface area contributed by atoms with E-state index in [1.807, 2.05) is 0 Å². The van der Waals surface area contributed by atoms with Crippen molar-refractivity contribution >= 4 is 24.0 Å². The van der Waals surface area contributed by atoms with E-state index in [-0.39, 0.29) is 5.91 Å². The zero-order valence-electron chi connectivity index (χ0n) is 12.6. The molecular formula is C15H20N2O4. The largest absolute Gasteiger partial charge is 0.444 e. The summed E-state index contributed by atoms with van der Waals surface area (Å²) in [5.41, 5.74) is 0.468. The van der Waals surface area contributed by atoms with Crippen LogP contribution in [-0.4, -0.2) is 23.9 Å². The number of ether oxygens (including phenoxy) is 1. The van der Waals surface area contributed by atoms with Crippen LogP contribution in [-0.2, 0) is 14.3 Å². The molecule has 2 N–H and O–H groups in total. The molecule has 0 aliphatic heterocycles. The highest BCUT2D eigenvalue weighted by molar-refractivity contribution is 5.88. The average molecular weight is 292 g/mol. The van der Waals surface area contributed by atoms with Crippen LogP contribution in [0.25, 0.3) is 0 Å². The van der Waals surface area contributed by atoms with E-state index >= 15 is 0 Å². The summed E-state index contributed by atoms with van der Waals surface area (Å²) < 4.78 is 5.11. The third-order valence-electron chi connectivity index (χ3n) is 2.37. The molecule has 2 amide bonds. The summed E-state index contributed by atoms with van der Waals surface area (Å²) >= 11 is 0.